The van der Waals surface area contributed by atoms with Gasteiger partial charge in [0.15, 0.2) is 0 Å². The molecule has 4 heteroatoms. The van der Waals surface area contributed by atoms with E-state index in [1.165, 1.54) is 4.90 Å². The Hall–Kier alpha value is -0.960. The molecule has 1 nitrogen and oxygen atoms in total. The van der Waals surface area contributed by atoms with E-state index >= 15 is 0 Å². The third-order valence-corrected chi connectivity index (χ3v) is 5.19. The standard InChI is InChI=1S/C16H13Cl2NS/c1-10-9-15(16-11(17)5-4-6-12(16)18)20-14-8-3-2-7-13(14)19-10/h2-8,15H,9H2,1H3/t15-/m1/s1. The molecular formula is C16H13Cl2NS. The lowest BCUT2D eigenvalue weighted by Crippen LogP contribution is -2.01. The van der Waals surface area contributed by atoms with Crippen molar-refractivity contribution in [3.05, 3.63) is 58.1 Å². The topological polar surface area (TPSA) is 12.4 Å². The molecule has 2 aromatic rings. The van der Waals surface area contributed by atoms with E-state index in [-0.39, 0.29) is 5.25 Å². The molecule has 1 heterocycles. The largest absolute Gasteiger partial charge is 0.257 e. The van der Waals surface area contributed by atoms with Gasteiger partial charge in [-0.15, -0.1) is 11.8 Å². The molecule has 0 fully saturated rings. The van der Waals surface area contributed by atoms with Crippen molar-refractivity contribution in [3.8, 4) is 0 Å². The maximum atomic E-state index is 6.35. The Balaban J connectivity index is 2.07. The molecular weight excluding hydrogens is 309 g/mol. The zero-order chi connectivity index (χ0) is 14.1. The molecule has 0 spiro atoms. The van der Waals surface area contributed by atoms with Crippen LogP contribution in [0.5, 0.6) is 0 Å². The van der Waals surface area contributed by atoms with E-state index in [4.69, 9.17) is 23.2 Å². The highest BCUT2D eigenvalue weighted by molar-refractivity contribution is 7.99. The van der Waals surface area contributed by atoms with Crippen molar-refractivity contribution in [2.45, 2.75) is 23.5 Å². The summed E-state index contributed by atoms with van der Waals surface area (Å²) in [6.07, 6.45) is 0.850. The molecule has 20 heavy (non-hydrogen) atoms. The quantitative estimate of drug-likeness (QED) is 0.598. The summed E-state index contributed by atoms with van der Waals surface area (Å²) >= 11 is 14.5. The number of thioether (sulfide) groups is 1. The van der Waals surface area contributed by atoms with E-state index in [1.807, 2.05) is 36.4 Å². The smallest absolute Gasteiger partial charge is 0.0764 e. The van der Waals surface area contributed by atoms with Gasteiger partial charge in [0.2, 0.25) is 0 Å². The Morgan fingerprint density at radius 2 is 1.75 bits per heavy atom. The van der Waals surface area contributed by atoms with E-state index in [2.05, 4.69) is 18.0 Å². The van der Waals surface area contributed by atoms with Gasteiger partial charge in [0.25, 0.3) is 0 Å². The summed E-state index contributed by atoms with van der Waals surface area (Å²) in [5.41, 5.74) is 3.14. The fraction of sp³-hybridized carbons (Fsp3) is 0.188. The van der Waals surface area contributed by atoms with E-state index in [0.29, 0.717) is 0 Å². The fourth-order valence-corrected chi connectivity index (χ4v) is 4.53. The molecule has 1 atom stereocenters. The molecule has 0 saturated heterocycles. The second-order valence-corrected chi connectivity index (χ2v) is 6.82. The number of hydrogen-bond acceptors (Lipinski definition) is 2. The van der Waals surface area contributed by atoms with E-state index < -0.39 is 0 Å². The van der Waals surface area contributed by atoms with Crippen LogP contribution in [0.1, 0.15) is 24.2 Å². The van der Waals surface area contributed by atoms with Crippen molar-refractivity contribution in [3.63, 3.8) is 0 Å². The molecule has 0 aromatic heterocycles. The molecule has 0 unspecified atom stereocenters. The number of aliphatic imine (C=N–C) groups is 1. The van der Waals surface area contributed by atoms with Gasteiger partial charge in [-0.25, -0.2) is 0 Å². The molecule has 2 aromatic carbocycles. The molecule has 0 saturated carbocycles. The lowest BCUT2D eigenvalue weighted by atomic mass is 10.1. The Morgan fingerprint density at radius 1 is 1.05 bits per heavy atom. The normalized spacial score (nSPS) is 18.1. The molecule has 1 aliphatic rings. The minimum atomic E-state index is 0.198. The zero-order valence-corrected chi connectivity index (χ0v) is 13.3. The van der Waals surface area contributed by atoms with Crippen LogP contribution in [-0.2, 0) is 0 Å². The van der Waals surface area contributed by atoms with Crippen LogP contribution >= 0.6 is 35.0 Å². The maximum absolute atomic E-state index is 6.35. The van der Waals surface area contributed by atoms with E-state index in [9.17, 15) is 0 Å². The Labute approximate surface area is 133 Å². The summed E-state index contributed by atoms with van der Waals surface area (Å²) in [6, 6.07) is 13.9. The second-order valence-electron chi connectivity index (χ2n) is 4.76. The predicted octanol–water partition coefficient (Wildman–Crippen LogP) is 6.32. The summed E-state index contributed by atoms with van der Waals surface area (Å²) < 4.78 is 0. The number of para-hydroxylation sites is 1. The van der Waals surface area contributed by atoms with Gasteiger partial charge < -0.3 is 0 Å². The Bertz CT molecular complexity index is 662. The van der Waals surface area contributed by atoms with Crippen molar-refractivity contribution in [1.29, 1.82) is 0 Å². The average Bonchev–Trinajstić information content (AvgIpc) is 2.56. The summed E-state index contributed by atoms with van der Waals surface area (Å²) in [7, 11) is 0. The maximum Gasteiger partial charge on any atom is 0.0764 e. The van der Waals surface area contributed by atoms with Crippen LogP contribution in [-0.4, -0.2) is 5.71 Å². The van der Waals surface area contributed by atoms with Gasteiger partial charge in [-0.1, -0.05) is 41.4 Å². The van der Waals surface area contributed by atoms with Crippen LogP contribution in [0.4, 0.5) is 5.69 Å². The molecule has 0 N–H and O–H groups in total. The highest BCUT2D eigenvalue weighted by atomic mass is 35.5. The highest BCUT2D eigenvalue weighted by Crippen LogP contribution is 2.48. The minimum absolute atomic E-state index is 0.198. The fourth-order valence-electron chi connectivity index (χ4n) is 2.34. The van der Waals surface area contributed by atoms with Gasteiger partial charge >= 0.3 is 0 Å². The van der Waals surface area contributed by atoms with Crippen LogP contribution in [0.2, 0.25) is 10.0 Å². The third kappa shape index (κ3) is 2.73. The van der Waals surface area contributed by atoms with Crippen LogP contribution in [0, 0.1) is 0 Å². The summed E-state index contributed by atoms with van der Waals surface area (Å²) in [5.74, 6) is 0. The molecule has 0 radical (unpaired) electrons. The average molecular weight is 322 g/mol. The number of rotatable bonds is 1. The van der Waals surface area contributed by atoms with Crippen molar-refractivity contribution in [2.24, 2.45) is 4.99 Å². The van der Waals surface area contributed by atoms with Gasteiger partial charge in [-0.05, 0) is 31.2 Å². The van der Waals surface area contributed by atoms with Gasteiger partial charge in [0.1, 0.15) is 0 Å². The first-order valence-corrected chi connectivity index (χ1v) is 8.02. The van der Waals surface area contributed by atoms with Gasteiger partial charge in [-0.3, -0.25) is 4.99 Å². The monoisotopic (exact) mass is 321 g/mol. The van der Waals surface area contributed by atoms with Crippen molar-refractivity contribution in [1.82, 2.24) is 0 Å². The van der Waals surface area contributed by atoms with Crippen molar-refractivity contribution in [2.75, 3.05) is 0 Å². The molecule has 1 aliphatic heterocycles. The van der Waals surface area contributed by atoms with Crippen LogP contribution < -0.4 is 0 Å². The summed E-state index contributed by atoms with van der Waals surface area (Å²) in [6.45, 7) is 2.06. The highest BCUT2D eigenvalue weighted by Gasteiger charge is 2.23. The Kier molecular flexibility index (Phi) is 4.06. The van der Waals surface area contributed by atoms with Crippen molar-refractivity contribution >= 4 is 46.4 Å². The minimum Gasteiger partial charge on any atom is -0.257 e. The lowest BCUT2D eigenvalue weighted by molar-refractivity contribution is 1.01. The van der Waals surface area contributed by atoms with Crippen LogP contribution in [0.3, 0.4) is 0 Å². The van der Waals surface area contributed by atoms with E-state index in [1.54, 1.807) is 11.8 Å². The summed E-state index contributed by atoms with van der Waals surface area (Å²) in [4.78, 5) is 5.86. The first-order chi connectivity index (χ1) is 9.65. The second kappa shape index (κ2) is 5.80. The van der Waals surface area contributed by atoms with E-state index in [0.717, 1.165) is 33.4 Å². The SMILES string of the molecule is CC1=Nc2ccccc2S[C@@H](c2c(Cl)cccc2Cl)C1. The third-order valence-electron chi connectivity index (χ3n) is 3.25. The number of fused-ring (bicyclic) bond motifs is 1. The van der Waals surface area contributed by atoms with Gasteiger partial charge in [0, 0.05) is 37.9 Å². The lowest BCUT2D eigenvalue weighted by Gasteiger charge is -2.18. The number of halogens is 2. The number of benzene rings is 2. The molecule has 3 rings (SSSR count). The molecule has 0 amide bonds. The first-order valence-electron chi connectivity index (χ1n) is 6.39. The van der Waals surface area contributed by atoms with Gasteiger partial charge in [-0.2, -0.15) is 0 Å². The number of hydrogen-bond donors (Lipinski definition) is 0. The van der Waals surface area contributed by atoms with Crippen molar-refractivity contribution < 1.29 is 0 Å². The first kappa shape index (κ1) is 14.0. The van der Waals surface area contributed by atoms with Gasteiger partial charge in [0.05, 0.1) is 5.69 Å². The predicted molar refractivity (Wildman–Crippen MR) is 88.9 cm³/mol. The summed E-state index contributed by atoms with van der Waals surface area (Å²) in [5, 5.41) is 1.65. The van der Waals surface area contributed by atoms with Crippen LogP contribution in [0.25, 0.3) is 0 Å². The zero-order valence-electron chi connectivity index (χ0n) is 10.9. The van der Waals surface area contributed by atoms with Crippen LogP contribution in [0.15, 0.2) is 52.4 Å². The number of nitrogens with zero attached hydrogens (tertiary/aromatic N) is 1. The Morgan fingerprint density at radius 3 is 2.50 bits per heavy atom. The molecule has 102 valence electrons. The molecule has 0 bridgehead atoms. The molecule has 0 aliphatic carbocycles.